The topological polar surface area (TPSA) is 32.8 Å². The minimum Gasteiger partial charge on any atom is -0.495 e. The van der Waals surface area contributed by atoms with E-state index in [1.54, 1.807) is 18.4 Å². The zero-order chi connectivity index (χ0) is 18.8. The number of carbonyl (C=O) groups excluding carboxylic acids is 1. The molecule has 0 bridgehead atoms. The third-order valence-corrected chi connectivity index (χ3v) is 7.19. The second-order valence-corrected chi connectivity index (χ2v) is 8.66. The van der Waals surface area contributed by atoms with E-state index < -0.39 is 0 Å². The number of rotatable bonds is 4. The summed E-state index contributed by atoms with van der Waals surface area (Å²) in [5.41, 5.74) is 2.54. The number of hydrogen-bond donors (Lipinski definition) is 0. The fourth-order valence-electron chi connectivity index (χ4n) is 4.25. The molecule has 2 heterocycles. The zero-order valence-corrected chi connectivity index (χ0v) is 17.1. The maximum atomic E-state index is 13.0. The van der Waals surface area contributed by atoms with Crippen molar-refractivity contribution in [3.63, 3.8) is 0 Å². The number of piperazine rings is 1. The Morgan fingerprint density at radius 3 is 2.74 bits per heavy atom. The maximum absolute atomic E-state index is 13.0. The van der Waals surface area contributed by atoms with Crippen molar-refractivity contribution >= 4 is 22.9 Å². The number of amides is 1. The Hall–Kier alpha value is -2.01. The lowest BCUT2D eigenvalue weighted by atomic mass is 9.87. The number of thiophene rings is 1. The number of methoxy groups -OCH3 is 1. The Morgan fingerprint density at radius 2 is 2.00 bits per heavy atom. The van der Waals surface area contributed by atoms with Gasteiger partial charge in [0, 0.05) is 31.1 Å². The van der Waals surface area contributed by atoms with E-state index in [-0.39, 0.29) is 5.91 Å². The molecule has 0 radical (unpaired) electrons. The van der Waals surface area contributed by atoms with E-state index >= 15 is 0 Å². The maximum Gasteiger partial charge on any atom is 0.264 e. The summed E-state index contributed by atoms with van der Waals surface area (Å²) in [6.07, 6.45) is 4.81. The minimum atomic E-state index is 0.210. The fourth-order valence-corrected chi connectivity index (χ4v) is 5.43. The molecule has 1 aromatic heterocycles. The van der Waals surface area contributed by atoms with Crippen LogP contribution in [0.5, 0.6) is 5.75 Å². The van der Waals surface area contributed by atoms with Gasteiger partial charge in [-0.3, -0.25) is 4.79 Å². The van der Waals surface area contributed by atoms with Gasteiger partial charge in [-0.15, -0.1) is 11.3 Å². The van der Waals surface area contributed by atoms with E-state index in [0.717, 1.165) is 61.3 Å². The highest BCUT2D eigenvalue weighted by Crippen LogP contribution is 2.34. The average Bonchev–Trinajstić information content (AvgIpc) is 3.16. The van der Waals surface area contributed by atoms with Gasteiger partial charge in [-0.2, -0.15) is 0 Å². The molecule has 1 fully saturated rings. The zero-order valence-electron chi connectivity index (χ0n) is 16.2. The van der Waals surface area contributed by atoms with Crippen molar-refractivity contribution in [1.82, 2.24) is 4.90 Å². The normalized spacial score (nSPS) is 19.7. The molecular weight excluding hydrogens is 356 g/mol. The number of ether oxygens (including phenoxy) is 1. The van der Waals surface area contributed by atoms with E-state index in [1.807, 2.05) is 23.1 Å². The average molecular weight is 385 g/mol. The predicted octanol–water partition coefficient (Wildman–Crippen LogP) is 4.23. The predicted molar refractivity (Wildman–Crippen MR) is 111 cm³/mol. The molecule has 2 aliphatic rings. The summed E-state index contributed by atoms with van der Waals surface area (Å²) >= 11 is 1.73. The minimum absolute atomic E-state index is 0.210. The van der Waals surface area contributed by atoms with Crippen molar-refractivity contribution in [1.29, 1.82) is 0 Å². The van der Waals surface area contributed by atoms with Gasteiger partial charge in [0.05, 0.1) is 17.7 Å². The lowest BCUT2D eigenvalue weighted by molar-refractivity contribution is 0.0751. The molecular formula is C22H28N2O2S. The van der Waals surface area contributed by atoms with Gasteiger partial charge in [0.25, 0.3) is 5.91 Å². The molecule has 0 spiro atoms. The van der Waals surface area contributed by atoms with Gasteiger partial charge in [0.15, 0.2) is 0 Å². The van der Waals surface area contributed by atoms with Gasteiger partial charge in [-0.25, -0.2) is 0 Å². The van der Waals surface area contributed by atoms with Crippen molar-refractivity contribution in [3.8, 4) is 5.75 Å². The molecule has 0 unspecified atom stereocenters. The molecule has 1 aliphatic carbocycles. The van der Waals surface area contributed by atoms with E-state index in [4.69, 9.17) is 4.74 Å². The third kappa shape index (κ3) is 3.70. The number of aryl methyl sites for hydroxylation is 1. The smallest absolute Gasteiger partial charge is 0.264 e. The third-order valence-electron chi connectivity index (χ3n) is 5.97. The number of anilines is 1. The van der Waals surface area contributed by atoms with Crippen LogP contribution in [0.15, 0.2) is 30.3 Å². The summed E-state index contributed by atoms with van der Waals surface area (Å²) in [4.78, 5) is 19.7. The summed E-state index contributed by atoms with van der Waals surface area (Å²) in [5, 5.41) is 0. The Morgan fingerprint density at radius 1 is 1.22 bits per heavy atom. The molecule has 2 aromatic rings. The number of benzene rings is 1. The fraction of sp³-hybridized carbons (Fsp3) is 0.500. The quantitative estimate of drug-likeness (QED) is 0.791. The summed E-state index contributed by atoms with van der Waals surface area (Å²) in [6, 6.07) is 10.3. The molecule has 1 saturated heterocycles. The second-order valence-electron chi connectivity index (χ2n) is 7.53. The molecule has 1 aliphatic heterocycles. The van der Waals surface area contributed by atoms with Crippen molar-refractivity contribution in [2.24, 2.45) is 5.92 Å². The first kappa shape index (κ1) is 18.4. The molecule has 1 aromatic carbocycles. The van der Waals surface area contributed by atoms with Gasteiger partial charge in [-0.1, -0.05) is 25.5 Å². The van der Waals surface area contributed by atoms with Crippen molar-refractivity contribution in [3.05, 3.63) is 45.6 Å². The Labute approximate surface area is 165 Å². The Bertz CT molecular complexity index is 808. The monoisotopic (exact) mass is 384 g/mol. The van der Waals surface area contributed by atoms with E-state index in [9.17, 15) is 4.79 Å². The van der Waals surface area contributed by atoms with Gasteiger partial charge < -0.3 is 14.5 Å². The molecule has 1 amide bonds. The summed E-state index contributed by atoms with van der Waals surface area (Å²) in [7, 11) is 1.71. The SMILES string of the molecule is CC[C@H]1CCc2sc(C(=O)N3CCN(c4ccccc4OC)CC3)cc2C1. The highest BCUT2D eigenvalue weighted by Gasteiger charge is 2.27. The second kappa shape index (κ2) is 7.93. The number of fused-ring (bicyclic) bond motifs is 1. The highest BCUT2D eigenvalue weighted by atomic mass is 32.1. The molecule has 0 N–H and O–H groups in total. The van der Waals surface area contributed by atoms with Crippen molar-refractivity contribution in [2.45, 2.75) is 32.6 Å². The van der Waals surface area contributed by atoms with E-state index in [1.165, 1.54) is 23.3 Å². The largest absolute Gasteiger partial charge is 0.495 e. The van der Waals surface area contributed by atoms with Crippen LogP contribution in [0.2, 0.25) is 0 Å². The standard InChI is InChI=1S/C22H28N2O2S/c1-3-16-8-9-20-17(14-16)15-21(27-20)22(25)24-12-10-23(11-13-24)18-6-4-5-7-19(18)26-2/h4-7,15-16H,3,8-14H2,1-2H3/t16-/m0/s1. The Kier molecular flexibility index (Phi) is 5.39. The van der Waals surface area contributed by atoms with Crippen molar-refractivity contribution in [2.75, 3.05) is 38.2 Å². The lowest BCUT2D eigenvalue weighted by Gasteiger charge is -2.36. The molecule has 144 valence electrons. The summed E-state index contributed by atoms with van der Waals surface area (Å²) in [6.45, 7) is 5.48. The number of carbonyl (C=O) groups is 1. The number of hydrogen-bond acceptors (Lipinski definition) is 4. The van der Waals surface area contributed by atoms with Crippen LogP contribution < -0.4 is 9.64 Å². The van der Waals surface area contributed by atoms with Gasteiger partial charge >= 0.3 is 0 Å². The van der Waals surface area contributed by atoms with E-state index in [0.29, 0.717) is 0 Å². The van der Waals surface area contributed by atoms with Crippen LogP contribution in [0.1, 0.15) is 39.9 Å². The van der Waals surface area contributed by atoms with Gasteiger partial charge in [0.1, 0.15) is 5.75 Å². The van der Waals surface area contributed by atoms with E-state index in [2.05, 4.69) is 24.0 Å². The van der Waals surface area contributed by atoms with Crippen LogP contribution in [-0.2, 0) is 12.8 Å². The first-order chi connectivity index (χ1) is 13.2. The first-order valence-corrected chi connectivity index (χ1v) is 10.8. The lowest BCUT2D eigenvalue weighted by Crippen LogP contribution is -2.48. The molecule has 4 nitrogen and oxygen atoms in total. The van der Waals surface area contributed by atoms with Crippen LogP contribution in [0, 0.1) is 5.92 Å². The summed E-state index contributed by atoms with van der Waals surface area (Å²) in [5.74, 6) is 1.90. The number of nitrogens with zero attached hydrogens (tertiary/aromatic N) is 2. The van der Waals surface area contributed by atoms with Crippen LogP contribution >= 0.6 is 11.3 Å². The van der Waals surface area contributed by atoms with Gasteiger partial charge in [0.2, 0.25) is 0 Å². The molecule has 1 atom stereocenters. The number of para-hydroxylation sites is 2. The first-order valence-electron chi connectivity index (χ1n) is 9.98. The van der Waals surface area contributed by atoms with Crippen LogP contribution in [-0.4, -0.2) is 44.1 Å². The summed E-state index contributed by atoms with van der Waals surface area (Å²) < 4.78 is 5.49. The molecule has 4 rings (SSSR count). The molecule has 27 heavy (non-hydrogen) atoms. The van der Waals surface area contributed by atoms with Crippen LogP contribution in [0.4, 0.5) is 5.69 Å². The molecule has 5 heteroatoms. The van der Waals surface area contributed by atoms with Gasteiger partial charge in [-0.05, 0) is 48.9 Å². The van der Waals surface area contributed by atoms with Crippen molar-refractivity contribution < 1.29 is 9.53 Å². The highest BCUT2D eigenvalue weighted by molar-refractivity contribution is 7.14. The van der Waals surface area contributed by atoms with Crippen LogP contribution in [0.25, 0.3) is 0 Å². The van der Waals surface area contributed by atoms with Crippen LogP contribution in [0.3, 0.4) is 0 Å². The molecule has 0 saturated carbocycles. The Balaban J connectivity index is 1.41.